The quantitative estimate of drug-likeness (QED) is 0.798. The molecule has 0 unspecified atom stereocenters. The largest absolute Gasteiger partial charge is 0.325 e. The average molecular weight is 421 g/mol. The van der Waals surface area contributed by atoms with Gasteiger partial charge in [0, 0.05) is 11.3 Å². The van der Waals surface area contributed by atoms with Crippen LogP contribution in [0, 0.1) is 12.8 Å². The van der Waals surface area contributed by atoms with Crippen LogP contribution in [0.4, 0.5) is 11.4 Å². The highest BCUT2D eigenvalue weighted by atomic mass is 32.2. The number of amides is 2. The molecule has 1 N–H and O–H groups in total. The van der Waals surface area contributed by atoms with Gasteiger partial charge in [0.05, 0.1) is 10.9 Å². The minimum atomic E-state index is -0.444. The number of carbonyl (C=O) groups is 2. The fourth-order valence-electron chi connectivity index (χ4n) is 3.44. The van der Waals surface area contributed by atoms with Gasteiger partial charge in [-0.25, -0.2) is 9.89 Å². The molecule has 2 heterocycles. The molecule has 30 heavy (non-hydrogen) atoms. The molecule has 0 aromatic heterocycles. The normalized spacial score (nSPS) is 18.5. The second-order valence-electron chi connectivity index (χ2n) is 7.79. The second kappa shape index (κ2) is 8.07. The zero-order chi connectivity index (χ0) is 21.4. The molecule has 4 rings (SSSR count). The van der Waals surface area contributed by atoms with E-state index >= 15 is 0 Å². The Bertz CT molecular complexity index is 1080. The van der Waals surface area contributed by atoms with Crippen molar-refractivity contribution < 1.29 is 9.59 Å². The molecule has 0 aliphatic carbocycles. The van der Waals surface area contributed by atoms with Gasteiger partial charge in [-0.15, -0.1) is 0 Å². The summed E-state index contributed by atoms with van der Waals surface area (Å²) in [6.45, 7) is 7.74. The van der Waals surface area contributed by atoms with Gasteiger partial charge in [-0.1, -0.05) is 55.9 Å². The summed E-state index contributed by atoms with van der Waals surface area (Å²) in [6.07, 6.45) is 0. The van der Waals surface area contributed by atoms with Crippen LogP contribution in [0.1, 0.15) is 31.9 Å². The van der Waals surface area contributed by atoms with E-state index in [0.717, 1.165) is 22.5 Å². The fourth-order valence-corrected chi connectivity index (χ4v) is 4.36. The molecule has 2 atom stereocenters. The van der Waals surface area contributed by atoms with Crippen LogP contribution in [0.25, 0.3) is 0 Å². The van der Waals surface area contributed by atoms with Gasteiger partial charge < -0.3 is 5.32 Å². The van der Waals surface area contributed by atoms with Gasteiger partial charge >= 0.3 is 0 Å². The Hall–Kier alpha value is -2.93. The number of nitrogens with zero attached hydrogens (tertiary/aromatic N) is 3. The van der Waals surface area contributed by atoms with Crippen molar-refractivity contribution in [2.45, 2.75) is 39.0 Å². The minimum Gasteiger partial charge on any atom is -0.325 e. The van der Waals surface area contributed by atoms with Crippen molar-refractivity contribution in [2.24, 2.45) is 15.9 Å². The lowest BCUT2D eigenvalue weighted by Gasteiger charge is -2.27. The predicted octanol–water partition coefficient (Wildman–Crippen LogP) is 4.37. The number of carbonyl (C=O) groups excluding carboxylic acids is 2. The Morgan fingerprint density at radius 2 is 1.80 bits per heavy atom. The number of aryl methyl sites for hydroxylation is 1. The molecule has 2 aliphatic heterocycles. The van der Waals surface area contributed by atoms with Crippen molar-refractivity contribution in [3.8, 4) is 0 Å². The van der Waals surface area contributed by atoms with Crippen LogP contribution in [0.3, 0.4) is 0 Å². The molecule has 2 aromatic rings. The number of thioether (sulfide) groups is 1. The lowest BCUT2D eigenvalue weighted by molar-refractivity contribution is -0.125. The number of nitrogens with one attached hydrogen (secondary N) is 1. The first-order valence-corrected chi connectivity index (χ1v) is 10.9. The third-order valence-electron chi connectivity index (χ3n) is 5.18. The summed E-state index contributed by atoms with van der Waals surface area (Å²) < 4.78 is 0. The molecule has 0 fully saturated rings. The first kappa shape index (κ1) is 20.3. The van der Waals surface area contributed by atoms with Gasteiger partial charge in [0.25, 0.3) is 5.91 Å². The smallest absolute Gasteiger partial charge is 0.259 e. The minimum absolute atomic E-state index is 0.0794. The molecule has 2 amide bonds. The van der Waals surface area contributed by atoms with Gasteiger partial charge in [-0.3, -0.25) is 14.6 Å². The summed E-state index contributed by atoms with van der Waals surface area (Å²) in [7, 11) is 0. The number of amidine groups is 2. The topological polar surface area (TPSA) is 74.1 Å². The molecule has 0 spiro atoms. The molecule has 2 aromatic carbocycles. The standard InChI is InChI=1S/C23H24N4O2S/c1-13(2)19-22(29)27-20(26-19)16-10-6-8-12-18(16)25-23(27)30-15(4)21(28)24-17-11-7-5-9-14(17)3/h5-13,15,19H,1-4H3,(H,24,28)/t15-,19+/m1/s1. The molecule has 0 bridgehead atoms. The van der Waals surface area contributed by atoms with E-state index in [4.69, 9.17) is 9.98 Å². The van der Waals surface area contributed by atoms with Crippen LogP contribution in [-0.4, -0.2) is 39.0 Å². The van der Waals surface area contributed by atoms with Crippen LogP contribution < -0.4 is 5.32 Å². The van der Waals surface area contributed by atoms with E-state index in [9.17, 15) is 9.59 Å². The van der Waals surface area contributed by atoms with Crippen LogP contribution >= 0.6 is 11.8 Å². The van der Waals surface area contributed by atoms with Crippen molar-refractivity contribution in [3.05, 3.63) is 59.7 Å². The lowest BCUT2D eigenvalue weighted by atomic mass is 10.1. The number of anilines is 1. The number of rotatable bonds is 4. The molecule has 6 nitrogen and oxygen atoms in total. The summed E-state index contributed by atoms with van der Waals surface area (Å²) in [5, 5.41) is 3.02. The summed E-state index contributed by atoms with van der Waals surface area (Å²) >= 11 is 1.27. The van der Waals surface area contributed by atoms with Gasteiger partial charge in [0.15, 0.2) is 5.17 Å². The van der Waals surface area contributed by atoms with Crippen molar-refractivity contribution in [1.29, 1.82) is 0 Å². The molecule has 7 heteroatoms. The number of fused-ring (bicyclic) bond motifs is 3. The molecule has 0 saturated carbocycles. The molecular formula is C23H24N4O2S. The first-order valence-electron chi connectivity index (χ1n) is 10.00. The third kappa shape index (κ3) is 3.65. The van der Waals surface area contributed by atoms with Crippen LogP contribution in [0.5, 0.6) is 0 Å². The Morgan fingerprint density at radius 3 is 2.53 bits per heavy atom. The van der Waals surface area contributed by atoms with Gasteiger partial charge in [0.1, 0.15) is 11.9 Å². The zero-order valence-electron chi connectivity index (χ0n) is 17.4. The average Bonchev–Trinajstić information content (AvgIpc) is 3.08. The number of aliphatic imine (C=N–C) groups is 2. The van der Waals surface area contributed by atoms with Crippen LogP contribution in [0.15, 0.2) is 58.5 Å². The van der Waals surface area contributed by atoms with E-state index in [-0.39, 0.29) is 17.7 Å². The Labute approximate surface area is 180 Å². The van der Waals surface area contributed by atoms with Crippen LogP contribution in [0.2, 0.25) is 0 Å². The maximum atomic E-state index is 13.1. The van der Waals surface area contributed by atoms with E-state index in [1.54, 1.807) is 4.90 Å². The van der Waals surface area contributed by atoms with Crippen molar-refractivity contribution >= 4 is 46.0 Å². The second-order valence-corrected chi connectivity index (χ2v) is 9.10. The summed E-state index contributed by atoms with van der Waals surface area (Å²) in [6, 6.07) is 14.9. The van der Waals surface area contributed by atoms with E-state index < -0.39 is 11.3 Å². The maximum absolute atomic E-state index is 13.1. The predicted molar refractivity (Wildman–Crippen MR) is 122 cm³/mol. The van der Waals surface area contributed by atoms with Crippen molar-refractivity contribution in [2.75, 3.05) is 5.32 Å². The molecule has 0 saturated heterocycles. The zero-order valence-corrected chi connectivity index (χ0v) is 18.2. The summed E-state index contributed by atoms with van der Waals surface area (Å²) in [5.74, 6) is 0.475. The SMILES string of the molecule is Cc1ccccc1NC(=O)[C@@H](C)SC1=Nc2ccccc2C2=N[C@@H](C(C)C)C(=O)N12. The van der Waals surface area contributed by atoms with Crippen molar-refractivity contribution in [1.82, 2.24) is 4.90 Å². The number of hydrogen-bond donors (Lipinski definition) is 1. The number of para-hydroxylation sites is 2. The van der Waals surface area contributed by atoms with Gasteiger partial charge in [-0.05, 0) is 43.5 Å². The fraction of sp³-hybridized carbons (Fsp3) is 0.304. The highest BCUT2D eigenvalue weighted by Gasteiger charge is 2.43. The molecule has 0 radical (unpaired) electrons. The Kier molecular flexibility index (Phi) is 5.47. The molecule has 154 valence electrons. The molecule has 2 aliphatic rings. The maximum Gasteiger partial charge on any atom is 0.259 e. The first-order chi connectivity index (χ1) is 14.4. The van der Waals surface area contributed by atoms with E-state index in [1.165, 1.54) is 11.8 Å². The van der Waals surface area contributed by atoms with Crippen LogP contribution in [-0.2, 0) is 9.59 Å². The lowest BCUT2D eigenvalue weighted by Crippen LogP contribution is -2.43. The van der Waals surface area contributed by atoms with Crippen molar-refractivity contribution in [3.63, 3.8) is 0 Å². The van der Waals surface area contributed by atoms with Gasteiger partial charge in [-0.2, -0.15) is 0 Å². The number of benzene rings is 2. The third-order valence-corrected chi connectivity index (χ3v) is 6.24. The monoisotopic (exact) mass is 420 g/mol. The molecular weight excluding hydrogens is 396 g/mol. The Balaban J connectivity index is 1.61. The highest BCUT2D eigenvalue weighted by molar-refractivity contribution is 8.15. The van der Waals surface area contributed by atoms with E-state index in [2.05, 4.69) is 5.32 Å². The van der Waals surface area contributed by atoms with E-state index in [1.807, 2.05) is 76.2 Å². The summed E-state index contributed by atoms with van der Waals surface area (Å²) in [5.41, 5.74) is 3.38. The van der Waals surface area contributed by atoms with E-state index in [0.29, 0.717) is 11.0 Å². The summed E-state index contributed by atoms with van der Waals surface area (Å²) in [4.78, 5) is 36.9. The van der Waals surface area contributed by atoms with Gasteiger partial charge in [0.2, 0.25) is 5.91 Å². The Morgan fingerprint density at radius 1 is 1.10 bits per heavy atom. The number of hydrogen-bond acceptors (Lipinski definition) is 5. The highest BCUT2D eigenvalue weighted by Crippen LogP contribution is 2.35.